The van der Waals surface area contributed by atoms with E-state index in [0.29, 0.717) is 26.1 Å². The van der Waals surface area contributed by atoms with Crippen molar-refractivity contribution in [1.29, 1.82) is 0 Å². The molecule has 0 bridgehead atoms. The van der Waals surface area contributed by atoms with Gasteiger partial charge >= 0.3 is 0 Å². The number of nitrogens with zero attached hydrogens (tertiary/aromatic N) is 3. The van der Waals surface area contributed by atoms with Gasteiger partial charge in [0.25, 0.3) is 0 Å². The number of rotatable bonds is 6. The summed E-state index contributed by atoms with van der Waals surface area (Å²) in [6.45, 7) is 2.84. The van der Waals surface area contributed by atoms with Crippen LogP contribution in [-0.2, 0) is 24.4 Å². The minimum Gasteiger partial charge on any atom is -0.352 e. The number of likely N-dealkylation sites (tertiary alicyclic amines) is 1. The second-order valence-electron chi connectivity index (χ2n) is 7.04. The van der Waals surface area contributed by atoms with E-state index in [-0.39, 0.29) is 29.9 Å². The second kappa shape index (κ2) is 11.4. The molecule has 0 unspecified atom stereocenters. The molecular formula is C22H28ClIN4O. The van der Waals surface area contributed by atoms with E-state index in [4.69, 9.17) is 11.6 Å². The van der Waals surface area contributed by atoms with Crippen molar-refractivity contribution >= 4 is 47.4 Å². The third kappa shape index (κ3) is 6.34. The van der Waals surface area contributed by atoms with Gasteiger partial charge in [0.05, 0.1) is 0 Å². The van der Waals surface area contributed by atoms with Gasteiger partial charge in [0.1, 0.15) is 0 Å². The topological polar surface area (TPSA) is 47.9 Å². The molecular weight excluding hydrogens is 499 g/mol. The van der Waals surface area contributed by atoms with E-state index in [1.54, 1.807) is 7.05 Å². The van der Waals surface area contributed by atoms with Gasteiger partial charge in [0, 0.05) is 51.7 Å². The van der Waals surface area contributed by atoms with Crippen molar-refractivity contribution in [3.05, 3.63) is 70.2 Å². The zero-order valence-corrected chi connectivity index (χ0v) is 20.0. The van der Waals surface area contributed by atoms with Gasteiger partial charge in [-0.3, -0.25) is 9.79 Å². The molecule has 156 valence electrons. The van der Waals surface area contributed by atoms with Crippen LogP contribution in [0.2, 0.25) is 5.02 Å². The normalized spacial score (nSPS) is 14.0. The van der Waals surface area contributed by atoms with Crippen LogP contribution in [0.5, 0.6) is 0 Å². The number of hydrogen-bond acceptors (Lipinski definition) is 2. The van der Waals surface area contributed by atoms with Crippen LogP contribution in [0.3, 0.4) is 0 Å². The third-order valence-electron chi connectivity index (χ3n) is 5.03. The van der Waals surface area contributed by atoms with Gasteiger partial charge in [0.15, 0.2) is 5.96 Å². The van der Waals surface area contributed by atoms with Crippen molar-refractivity contribution in [3.8, 4) is 0 Å². The highest BCUT2D eigenvalue weighted by Crippen LogP contribution is 2.18. The van der Waals surface area contributed by atoms with Crippen LogP contribution < -0.4 is 5.32 Å². The summed E-state index contributed by atoms with van der Waals surface area (Å²) in [7, 11) is 3.77. The largest absolute Gasteiger partial charge is 0.352 e. The molecule has 29 heavy (non-hydrogen) atoms. The van der Waals surface area contributed by atoms with Gasteiger partial charge in [-0.05, 0) is 29.2 Å². The molecule has 1 N–H and O–H groups in total. The predicted octanol–water partition coefficient (Wildman–Crippen LogP) is 4.29. The average Bonchev–Trinajstić information content (AvgIpc) is 3.10. The van der Waals surface area contributed by atoms with E-state index < -0.39 is 0 Å². The monoisotopic (exact) mass is 526 g/mol. The molecule has 1 heterocycles. The Balaban J connectivity index is 0.00000300. The fourth-order valence-corrected chi connectivity index (χ4v) is 3.67. The van der Waals surface area contributed by atoms with Crippen molar-refractivity contribution in [2.45, 2.75) is 32.5 Å². The molecule has 1 aliphatic rings. The molecule has 2 aromatic carbocycles. The number of amides is 1. The molecule has 1 fully saturated rings. The molecule has 3 rings (SSSR count). The number of halogens is 2. The molecule has 0 aliphatic carbocycles. The number of carbonyl (C=O) groups is 1. The predicted molar refractivity (Wildman–Crippen MR) is 130 cm³/mol. The van der Waals surface area contributed by atoms with Gasteiger partial charge in [-0.2, -0.15) is 0 Å². The van der Waals surface area contributed by atoms with Crippen molar-refractivity contribution < 1.29 is 4.79 Å². The van der Waals surface area contributed by atoms with E-state index in [0.717, 1.165) is 29.5 Å². The van der Waals surface area contributed by atoms with Crippen molar-refractivity contribution in [2.24, 2.45) is 4.99 Å². The first kappa shape index (κ1) is 23.5. The van der Waals surface area contributed by atoms with Gasteiger partial charge in [-0.25, -0.2) is 0 Å². The highest BCUT2D eigenvalue weighted by molar-refractivity contribution is 14.0. The number of benzene rings is 2. The number of carbonyl (C=O) groups excluding carboxylic acids is 1. The van der Waals surface area contributed by atoms with Gasteiger partial charge < -0.3 is 15.1 Å². The Labute approximate surface area is 195 Å². The number of nitrogens with one attached hydrogen (secondary N) is 1. The number of aliphatic imine (C=N–C) groups is 1. The summed E-state index contributed by atoms with van der Waals surface area (Å²) in [6.07, 6.45) is 1.62. The lowest BCUT2D eigenvalue weighted by atomic mass is 10.1. The van der Waals surface area contributed by atoms with Crippen LogP contribution in [0.4, 0.5) is 0 Å². The first-order valence-corrected chi connectivity index (χ1v) is 9.96. The zero-order valence-electron chi connectivity index (χ0n) is 16.9. The Bertz CT molecular complexity index is 858. The second-order valence-corrected chi connectivity index (χ2v) is 7.44. The molecule has 1 aliphatic heterocycles. The Hall–Kier alpha value is -1.80. The van der Waals surface area contributed by atoms with Crippen LogP contribution in [0, 0.1) is 0 Å². The van der Waals surface area contributed by atoms with Crippen molar-refractivity contribution in [2.75, 3.05) is 20.6 Å². The molecule has 0 spiro atoms. The summed E-state index contributed by atoms with van der Waals surface area (Å²) in [5.41, 5.74) is 3.41. The van der Waals surface area contributed by atoms with Crippen LogP contribution in [0.15, 0.2) is 53.5 Å². The SMILES string of the molecule is CN=C(NCc1ccccc1CN1CCCC1=O)N(C)Cc1ccccc1Cl.I. The summed E-state index contributed by atoms with van der Waals surface area (Å²) in [6, 6.07) is 16.1. The molecule has 7 heteroatoms. The minimum atomic E-state index is 0. The van der Waals surface area contributed by atoms with E-state index in [2.05, 4.69) is 22.4 Å². The molecule has 0 saturated carbocycles. The number of hydrogen-bond donors (Lipinski definition) is 1. The summed E-state index contributed by atoms with van der Waals surface area (Å²) in [5.74, 6) is 1.05. The molecule has 0 atom stereocenters. The van der Waals surface area contributed by atoms with Crippen LogP contribution >= 0.6 is 35.6 Å². The maximum atomic E-state index is 12.0. The first-order chi connectivity index (χ1) is 13.6. The van der Waals surface area contributed by atoms with E-state index >= 15 is 0 Å². The minimum absolute atomic E-state index is 0. The third-order valence-corrected chi connectivity index (χ3v) is 5.40. The van der Waals surface area contributed by atoms with Crippen molar-refractivity contribution in [1.82, 2.24) is 15.1 Å². The average molecular weight is 527 g/mol. The summed E-state index contributed by atoms with van der Waals surface area (Å²) < 4.78 is 0. The molecule has 2 aromatic rings. The standard InChI is InChI=1S/C22H27ClN4O.HI/c1-24-22(26(2)15-19-10-5-6-11-20(19)23)25-14-17-8-3-4-9-18(17)16-27-13-7-12-21(27)28;/h3-6,8-11H,7,12-16H2,1-2H3,(H,24,25);1H. The highest BCUT2D eigenvalue weighted by Gasteiger charge is 2.21. The quantitative estimate of drug-likeness (QED) is 0.347. The highest BCUT2D eigenvalue weighted by atomic mass is 127. The Morgan fingerprint density at radius 1 is 1.14 bits per heavy atom. The smallest absolute Gasteiger partial charge is 0.222 e. The Kier molecular flexibility index (Phi) is 9.23. The van der Waals surface area contributed by atoms with E-state index in [1.165, 1.54) is 11.1 Å². The summed E-state index contributed by atoms with van der Waals surface area (Å²) in [4.78, 5) is 20.4. The van der Waals surface area contributed by atoms with Gasteiger partial charge in [-0.15, -0.1) is 24.0 Å². The van der Waals surface area contributed by atoms with Crippen LogP contribution in [0.1, 0.15) is 29.5 Å². The Morgan fingerprint density at radius 2 is 1.79 bits per heavy atom. The number of guanidine groups is 1. The fourth-order valence-electron chi connectivity index (χ4n) is 3.48. The van der Waals surface area contributed by atoms with Crippen LogP contribution in [0.25, 0.3) is 0 Å². The maximum Gasteiger partial charge on any atom is 0.222 e. The Morgan fingerprint density at radius 3 is 2.41 bits per heavy atom. The fraction of sp³-hybridized carbons (Fsp3) is 0.364. The molecule has 0 radical (unpaired) electrons. The lowest BCUT2D eigenvalue weighted by Crippen LogP contribution is -2.38. The maximum absolute atomic E-state index is 12.0. The lowest BCUT2D eigenvalue weighted by Gasteiger charge is -2.24. The lowest BCUT2D eigenvalue weighted by molar-refractivity contribution is -0.128. The van der Waals surface area contributed by atoms with E-state index in [9.17, 15) is 4.79 Å². The molecule has 1 saturated heterocycles. The van der Waals surface area contributed by atoms with Crippen LogP contribution in [-0.4, -0.2) is 42.3 Å². The first-order valence-electron chi connectivity index (χ1n) is 9.58. The molecule has 5 nitrogen and oxygen atoms in total. The molecule has 1 amide bonds. The summed E-state index contributed by atoms with van der Waals surface area (Å²) in [5, 5.41) is 4.19. The van der Waals surface area contributed by atoms with Gasteiger partial charge in [0.2, 0.25) is 5.91 Å². The van der Waals surface area contributed by atoms with Gasteiger partial charge in [-0.1, -0.05) is 54.1 Å². The van der Waals surface area contributed by atoms with E-state index in [1.807, 2.05) is 53.2 Å². The van der Waals surface area contributed by atoms with Crippen molar-refractivity contribution in [3.63, 3.8) is 0 Å². The molecule has 0 aromatic heterocycles. The zero-order chi connectivity index (χ0) is 19.9. The summed E-state index contributed by atoms with van der Waals surface area (Å²) >= 11 is 6.28.